The Morgan fingerprint density at radius 2 is 2.00 bits per heavy atom. The van der Waals surface area contributed by atoms with E-state index in [0.29, 0.717) is 0 Å². The third kappa shape index (κ3) is 5.30. The summed E-state index contributed by atoms with van der Waals surface area (Å²) < 4.78 is 0. The number of hydrogen-bond donors (Lipinski definition) is 1. The molecule has 0 heterocycles. The number of rotatable bonds is 2. The van der Waals surface area contributed by atoms with Crippen LogP contribution in [-0.4, -0.2) is 14.1 Å². The number of carbonyl (C=O) groups is 1. The Balaban J connectivity index is 3.74. The molecule has 0 saturated carbocycles. The molecule has 0 aliphatic heterocycles. The molecule has 0 atom stereocenters. The van der Waals surface area contributed by atoms with Crippen LogP contribution in [0.1, 0.15) is 0 Å². The average Bonchev–Trinajstić information content (AvgIpc) is 1.62. The van der Waals surface area contributed by atoms with E-state index in [2.05, 4.69) is 31.2 Å². The van der Waals surface area contributed by atoms with E-state index in [1.54, 1.807) is 0 Å². The van der Waals surface area contributed by atoms with Gasteiger partial charge in [-0.05, 0) is 6.08 Å². The van der Waals surface area contributed by atoms with Crippen molar-refractivity contribution >= 4 is 14.1 Å². The predicted octanol–water partition coefficient (Wildman–Crippen LogP) is 1.12. The second kappa shape index (κ2) is 2.82. The third-order valence-corrected chi connectivity index (χ3v) is 1.68. The summed E-state index contributed by atoms with van der Waals surface area (Å²) in [5, 5.41) is 0. The van der Waals surface area contributed by atoms with Gasteiger partial charge in [0.2, 0.25) is 5.91 Å². The van der Waals surface area contributed by atoms with E-state index in [1.165, 1.54) is 6.08 Å². The van der Waals surface area contributed by atoms with Gasteiger partial charge in [0.1, 0.15) is 8.24 Å². The largest absolute Gasteiger partial charge is 0.379 e. The summed E-state index contributed by atoms with van der Waals surface area (Å²) in [5.41, 5.74) is 0. The molecule has 0 aromatic rings. The summed E-state index contributed by atoms with van der Waals surface area (Å²) in [6, 6.07) is 0. The van der Waals surface area contributed by atoms with Crippen LogP contribution in [0, 0.1) is 0 Å². The average molecular weight is 143 g/mol. The van der Waals surface area contributed by atoms with Gasteiger partial charge >= 0.3 is 0 Å². The second-order valence-corrected chi connectivity index (χ2v) is 7.69. The van der Waals surface area contributed by atoms with E-state index in [4.69, 9.17) is 0 Å². The van der Waals surface area contributed by atoms with Crippen LogP contribution in [-0.2, 0) is 4.79 Å². The number of hydrogen-bond acceptors (Lipinski definition) is 1. The lowest BCUT2D eigenvalue weighted by Gasteiger charge is -2.15. The van der Waals surface area contributed by atoms with Crippen molar-refractivity contribution in [2.75, 3.05) is 0 Å². The van der Waals surface area contributed by atoms with Gasteiger partial charge in [0.05, 0.1) is 0 Å². The van der Waals surface area contributed by atoms with Crippen molar-refractivity contribution < 1.29 is 4.79 Å². The standard InChI is InChI=1S/C6H13NOSi/c1-5-6(8)7-9(2,3)4/h5H,1H2,2-4H3,(H,7,8). The van der Waals surface area contributed by atoms with Crippen LogP contribution in [0.15, 0.2) is 12.7 Å². The topological polar surface area (TPSA) is 29.1 Å². The first-order chi connectivity index (χ1) is 3.95. The van der Waals surface area contributed by atoms with Gasteiger partial charge in [-0.1, -0.05) is 26.2 Å². The van der Waals surface area contributed by atoms with E-state index < -0.39 is 8.24 Å². The fourth-order valence-electron chi connectivity index (χ4n) is 0.421. The highest BCUT2D eigenvalue weighted by atomic mass is 28.3. The minimum Gasteiger partial charge on any atom is -0.379 e. The maximum Gasteiger partial charge on any atom is 0.235 e. The van der Waals surface area contributed by atoms with Crippen LogP contribution in [0.4, 0.5) is 0 Å². The van der Waals surface area contributed by atoms with Crippen LogP contribution in [0.2, 0.25) is 19.6 Å². The maximum atomic E-state index is 10.6. The number of carbonyl (C=O) groups excluding carboxylic acids is 1. The van der Waals surface area contributed by atoms with Gasteiger partial charge in [-0.25, -0.2) is 0 Å². The van der Waals surface area contributed by atoms with E-state index in [-0.39, 0.29) is 5.91 Å². The van der Waals surface area contributed by atoms with Crippen LogP contribution in [0.5, 0.6) is 0 Å². The molecule has 3 heteroatoms. The lowest BCUT2D eigenvalue weighted by Crippen LogP contribution is -2.44. The molecule has 0 aliphatic rings. The summed E-state index contributed by atoms with van der Waals surface area (Å²) in [7, 11) is -1.41. The first-order valence-corrected chi connectivity index (χ1v) is 6.40. The minimum atomic E-state index is -1.41. The molecule has 9 heavy (non-hydrogen) atoms. The number of amides is 1. The third-order valence-electron chi connectivity index (χ3n) is 0.684. The highest BCUT2D eigenvalue weighted by Gasteiger charge is 2.13. The van der Waals surface area contributed by atoms with Gasteiger partial charge in [-0.2, -0.15) is 0 Å². The Morgan fingerprint density at radius 3 is 2.11 bits per heavy atom. The van der Waals surface area contributed by atoms with E-state index in [0.717, 1.165) is 0 Å². The molecule has 2 nitrogen and oxygen atoms in total. The molecule has 1 amide bonds. The van der Waals surface area contributed by atoms with Crippen molar-refractivity contribution in [1.82, 2.24) is 4.98 Å². The molecule has 0 radical (unpaired) electrons. The molecule has 0 spiro atoms. The minimum absolute atomic E-state index is 0.0610. The Hall–Kier alpha value is -0.573. The monoisotopic (exact) mass is 143 g/mol. The van der Waals surface area contributed by atoms with Crippen molar-refractivity contribution in [2.24, 2.45) is 0 Å². The van der Waals surface area contributed by atoms with E-state index in [9.17, 15) is 4.79 Å². The molecule has 0 aliphatic carbocycles. The van der Waals surface area contributed by atoms with E-state index in [1.807, 2.05) is 0 Å². The van der Waals surface area contributed by atoms with Crippen LogP contribution >= 0.6 is 0 Å². The zero-order valence-electron chi connectivity index (χ0n) is 6.19. The second-order valence-electron chi connectivity index (χ2n) is 2.94. The lowest BCUT2D eigenvalue weighted by molar-refractivity contribution is -0.115. The summed E-state index contributed by atoms with van der Waals surface area (Å²) >= 11 is 0. The molecule has 52 valence electrons. The SMILES string of the molecule is C=CC(=O)N[Si](C)(C)C. The molecule has 0 aromatic heterocycles. The van der Waals surface area contributed by atoms with Gasteiger partial charge in [-0.3, -0.25) is 4.79 Å². The molecule has 1 N–H and O–H groups in total. The zero-order chi connectivity index (χ0) is 7.49. The summed E-state index contributed by atoms with van der Waals surface area (Å²) in [6.07, 6.45) is 1.30. The van der Waals surface area contributed by atoms with Crippen molar-refractivity contribution in [3.05, 3.63) is 12.7 Å². The fourth-order valence-corrected chi connectivity index (χ4v) is 1.26. The maximum absolute atomic E-state index is 10.6. The molecular weight excluding hydrogens is 130 g/mol. The molecule has 0 fully saturated rings. The Morgan fingerprint density at radius 1 is 1.56 bits per heavy atom. The first-order valence-electron chi connectivity index (χ1n) is 2.90. The van der Waals surface area contributed by atoms with Crippen molar-refractivity contribution in [2.45, 2.75) is 19.6 Å². The van der Waals surface area contributed by atoms with Crippen LogP contribution in [0.3, 0.4) is 0 Å². The van der Waals surface area contributed by atoms with E-state index >= 15 is 0 Å². The highest BCUT2D eigenvalue weighted by molar-refractivity contribution is 6.75. The highest BCUT2D eigenvalue weighted by Crippen LogP contribution is 1.92. The fraction of sp³-hybridized carbons (Fsp3) is 0.500. The summed E-state index contributed by atoms with van der Waals surface area (Å²) in [4.78, 5) is 13.5. The number of nitrogens with one attached hydrogen (secondary N) is 1. The molecule has 0 bridgehead atoms. The molecule has 0 saturated heterocycles. The van der Waals surface area contributed by atoms with Gasteiger partial charge in [0.15, 0.2) is 0 Å². The lowest BCUT2D eigenvalue weighted by atomic mass is 10.6. The zero-order valence-corrected chi connectivity index (χ0v) is 7.19. The molecular formula is C6H13NOSi. The Kier molecular flexibility index (Phi) is 2.64. The van der Waals surface area contributed by atoms with Crippen molar-refractivity contribution in [3.63, 3.8) is 0 Å². The molecule has 0 unspecified atom stereocenters. The quantitative estimate of drug-likeness (QED) is 0.455. The summed E-state index contributed by atoms with van der Waals surface area (Å²) in [6.45, 7) is 9.55. The molecule has 0 aromatic carbocycles. The first kappa shape index (κ1) is 8.43. The van der Waals surface area contributed by atoms with Gasteiger partial charge < -0.3 is 4.98 Å². The van der Waals surface area contributed by atoms with Crippen LogP contribution < -0.4 is 4.98 Å². The predicted molar refractivity (Wildman–Crippen MR) is 41.7 cm³/mol. The Labute approximate surface area is 57.0 Å². The Bertz CT molecular complexity index is 126. The smallest absolute Gasteiger partial charge is 0.235 e. The van der Waals surface area contributed by atoms with Gasteiger partial charge in [-0.15, -0.1) is 0 Å². The van der Waals surface area contributed by atoms with Crippen LogP contribution in [0.25, 0.3) is 0 Å². The van der Waals surface area contributed by atoms with Gasteiger partial charge in [0.25, 0.3) is 0 Å². The van der Waals surface area contributed by atoms with Crippen molar-refractivity contribution in [1.29, 1.82) is 0 Å². The summed E-state index contributed by atoms with van der Waals surface area (Å²) in [5.74, 6) is -0.0610. The normalized spacial score (nSPS) is 10.6. The molecule has 0 rings (SSSR count). The van der Waals surface area contributed by atoms with Crippen molar-refractivity contribution in [3.8, 4) is 0 Å². The van der Waals surface area contributed by atoms with Gasteiger partial charge in [0, 0.05) is 0 Å².